The Morgan fingerprint density at radius 2 is 1.82 bits per heavy atom. The first-order valence-electron chi connectivity index (χ1n) is 11.0. The van der Waals surface area contributed by atoms with Crippen LogP contribution >= 0.6 is 11.6 Å². The summed E-state index contributed by atoms with van der Waals surface area (Å²) in [7, 11) is 1.29. The van der Waals surface area contributed by atoms with Gasteiger partial charge in [0.1, 0.15) is 23.3 Å². The molecule has 0 radical (unpaired) electrons. The van der Waals surface area contributed by atoms with Crippen LogP contribution in [0.4, 0.5) is 18.9 Å². The Balaban J connectivity index is 1.96. The second kappa shape index (κ2) is 12.2. The van der Waals surface area contributed by atoms with Crippen LogP contribution in [0.25, 0.3) is 11.1 Å². The smallest absolute Gasteiger partial charge is 0.433 e. The number of aliphatic carboxylic acids is 1. The molecule has 1 aromatic heterocycles. The number of para-hydroxylation sites is 1. The zero-order valence-corrected chi connectivity index (χ0v) is 20.9. The Labute approximate surface area is 225 Å². The molecule has 200 valence electrons. The number of nitriles is 2. The summed E-state index contributed by atoms with van der Waals surface area (Å²) in [4.78, 5) is 27.4. The number of carbonyl (C=O) groups excluding carboxylic acids is 1. The van der Waals surface area contributed by atoms with E-state index in [-0.39, 0.29) is 69.6 Å². The fraction of sp³-hybridized carbons (Fsp3) is 0.192. The number of hydrogen-bond acceptors (Lipinski definition) is 8. The van der Waals surface area contributed by atoms with Crippen LogP contribution in [-0.4, -0.2) is 42.1 Å². The number of nitrogens with zero attached hydrogens (tertiary/aromatic N) is 3. The second-order valence-electron chi connectivity index (χ2n) is 7.82. The van der Waals surface area contributed by atoms with E-state index in [1.54, 1.807) is 6.07 Å². The van der Waals surface area contributed by atoms with Gasteiger partial charge in [-0.05, 0) is 24.3 Å². The number of carboxylic acid groups (broad SMARTS) is 1. The van der Waals surface area contributed by atoms with E-state index >= 15 is 0 Å². The number of pyridine rings is 1. The van der Waals surface area contributed by atoms with E-state index < -0.39 is 23.6 Å². The molecule has 0 atom stereocenters. The lowest BCUT2D eigenvalue weighted by Gasteiger charge is -2.16. The van der Waals surface area contributed by atoms with Gasteiger partial charge in [-0.25, -0.2) is 0 Å². The molecule has 0 saturated heterocycles. The molecule has 9 nitrogen and oxygen atoms in total. The summed E-state index contributed by atoms with van der Waals surface area (Å²) in [6, 6.07) is 11.3. The molecule has 39 heavy (non-hydrogen) atoms. The third-order valence-corrected chi connectivity index (χ3v) is 5.65. The Hall–Kier alpha value is -4.81. The Morgan fingerprint density at radius 1 is 1.10 bits per heavy atom. The SMILES string of the molecule is COc1cc(Cl)c(-c2cnc(C(F)(F)F)cc2C#N)cc1C(=O)CNc1c(C#N)cccc1OCCC(=O)O. The molecule has 2 aromatic carbocycles. The van der Waals surface area contributed by atoms with E-state index in [1.807, 2.05) is 6.07 Å². The molecule has 0 aliphatic rings. The highest BCUT2D eigenvalue weighted by Crippen LogP contribution is 2.38. The topological polar surface area (TPSA) is 145 Å². The molecule has 3 aromatic rings. The Kier molecular flexibility index (Phi) is 8.96. The number of methoxy groups -OCH3 is 1. The fourth-order valence-electron chi connectivity index (χ4n) is 3.50. The van der Waals surface area contributed by atoms with Gasteiger partial charge in [0.05, 0.1) is 60.2 Å². The van der Waals surface area contributed by atoms with Crippen molar-refractivity contribution in [3.05, 3.63) is 70.0 Å². The predicted molar refractivity (Wildman–Crippen MR) is 133 cm³/mol. The minimum Gasteiger partial charge on any atom is -0.496 e. The zero-order valence-electron chi connectivity index (χ0n) is 20.1. The minimum absolute atomic E-state index is 0.00152. The average Bonchev–Trinajstić information content (AvgIpc) is 2.90. The number of Topliss-reactive ketones (excluding diaryl/α,β-unsaturated/α-hetero) is 1. The number of ketones is 1. The van der Waals surface area contributed by atoms with E-state index in [2.05, 4.69) is 10.3 Å². The van der Waals surface area contributed by atoms with Crippen LogP contribution in [0.1, 0.15) is 33.6 Å². The van der Waals surface area contributed by atoms with E-state index in [0.717, 1.165) is 6.20 Å². The lowest BCUT2D eigenvalue weighted by molar-refractivity contribution is -0.141. The van der Waals surface area contributed by atoms with E-state index in [9.17, 15) is 33.3 Å². The standard InChI is InChI=1S/C26H18ClF3N4O5/c1-38-22-9-19(27)16(18-12-33-23(26(28,29)30)7-15(18)11-32)8-17(22)20(35)13-34-25-14(10-31)3-2-4-21(25)39-6-5-24(36)37/h2-4,7-9,12,34H,5-6,13H2,1H3,(H,36,37). The number of hydrogen-bond donors (Lipinski definition) is 2. The lowest BCUT2D eigenvalue weighted by Crippen LogP contribution is -2.17. The Bertz CT molecular complexity index is 1510. The number of aromatic nitrogens is 1. The highest BCUT2D eigenvalue weighted by molar-refractivity contribution is 6.33. The van der Waals surface area contributed by atoms with E-state index in [4.69, 9.17) is 26.2 Å². The van der Waals surface area contributed by atoms with Crippen LogP contribution in [0, 0.1) is 22.7 Å². The van der Waals surface area contributed by atoms with Gasteiger partial charge < -0.3 is 19.9 Å². The monoisotopic (exact) mass is 558 g/mol. The summed E-state index contributed by atoms with van der Waals surface area (Å²) in [5, 5.41) is 30.6. The first-order chi connectivity index (χ1) is 18.5. The van der Waals surface area contributed by atoms with Crippen molar-refractivity contribution in [1.29, 1.82) is 10.5 Å². The number of halogens is 4. The van der Waals surface area contributed by atoms with Gasteiger partial charge in [-0.15, -0.1) is 0 Å². The van der Waals surface area contributed by atoms with Crippen molar-refractivity contribution < 1.29 is 37.3 Å². The summed E-state index contributed by atoms with van der Waals surface area (Å²) >= 11 is 6.32. The van der Waals surface area contributed by atoms with Crippen molar-refractivity contribution in [2.45, 2.75) is 12.6 Å². The molecular formula is C26H18ClF3N4O5. The van der Waals surface area contributed by atoms with Gasteiger partial charge in [0.2, 0.25) is 0 Å². The molecule has 0 unspecified atom stereocenters. The number of benzene rings is 2. The largest absolute Gasteiger partial charge is 0.496 e. The van der Waals surface area contributed by atoms with Crippen molar-refractivity contribution in [1.82, 2.24) is 4.98 Å². The maximum Gasteiger partial charge on any atom is 0.433 e. The molecule has 0 amide bonds. The molecule has 0 fully saturated rings. The molecule has 0 spiro atoms. The lowest BCUT2D eigenvalue weighted by atomic mass is 9.97. The quantitative estimate of drug-likeness (QED) is 0.316. The first kappa shape index (κ1) is 28.8. The van der Waals surface area contributed by atoms with E-state index in [1.165, 1.54) is 37.4 Å². The van der Waals surface area contributed by atoms with Gasteiger partial charge in [-0.3, -0.25) is 14.6 Å². The predicted octanol–water partition coefficient (Wildman–Crippen LogP) is 5.32. The number of carboxylic acids is 1. The van der Waals surface area contributed by atoms with Crippen molar-refractivity contribution in [2.24, 2.45) is 0 Å². The summed E-state index contributed by atoms with van der Waals surface area (Å²) < 4.78 is 49.9. The third kappa shape index (κ3) is 6.74. The fourth-order valence-corrected chi connectivity index (χ4v) is 3.76. The summed E-state index contributed by atoms with van der Waals surface area (Å²) in [5.74, 6) is -1.43. The number of alkyl halides is 3. The van der Waals surface area contributed by atoms with Crippen molar-refractivity contribution in [3.8, 4) is 34.8 Å². The van der Waals surface area contributed by atoms with Crippen LogP contribution in [-0.2, 0) is 11.0 Å². The average molecular weight is 559 g/mol. The summed E-state index contributed by atoms with van der Waals surface area (Å²) in [5.41, 5.74) is -1.29. The first-order valence-corrected chi connectivity index (χ1v) is 11.4. The minimum atomic E-state index is -4.77. The maximum absolute atomic E-state index is 13.2. The highest BCUT2D eigenvalue weighted by Gasteiger charge is 2.33. The normalized spacial score (nSPS) is 10.7. The second-order valence-corrected chi connectivity index (χ2v) is 8.22. The molecule has 2 N–H and O–H groups in total. The maximum atomic E-state index is 13.2. The highest BCUT2D eigenvalue weighted by atomic mass is 35.5. The van der Waals surface area contributed by atoms with Crippen molar-refractivity contribution in [2.75, 3.05) is 25.6 Å². The van der Waals surface area contributed by atoms with Gasteiger partial charge in [-0.1, -0.05) is 17.7 Å². The molecule has 0 bridgehead atoms. The third-order valence-electron chi connectivity index (χ3n) is 5.34. The van der Waals surface area contributed by atoms with Gasteiger partial charge in [0, 0.05) is 23.4 Å². The molecule has 0 aliphatic carbocycles. The van der Waals surface area contributed by atoms with Gasteiger partial charge in [-0.2, -0.15) is 23.7 Å². The van der Waals surface area contributed by atoms with Gasteiger partial charge in [0.25, 0.3) is 0 Å². The molecule has 0 saturated carbocycles. The summed E-state index contributed by atoms with van der Waals surface area (Å²) in [6.07, 6.45) is -4.20. The van der Waals surface area contributed by atoms with E-state index in [0.29, 0.717) is 6.07 Å². The molecule has 0 aliphatic heterocycles. The number of nitrogens with one attached hydrogen (secondary N) is 1. The number of rotatable bonds is 10. The van der Waals surface area contributed by atoms with Gasteiger partial charge in [0.15, 0.2) is 5.78 Å². The van der Waals surface area contributed by atoms with Crippen LogP contribution in [0.15, 0.2) is 42.6 Å². The van der Waals surface area contributed by atoms with Crippen LogP contribution in [0.2, 0.25) is 5.02 Å². The van der Waals surface area contributed by atoms with Crippen LogP contribution in [0.5, 0.6) is 11.5 Å². The van der Waals surface area contributed by atoms with Gasteiger partial charge >= 0.3 is 12.1 Å². The molecule has 1 heterocycles. The molecule has 13 heteroatoms. The van der Waals surface area contributed by atoms with Crippen molar-refractivity contribution in [3.63, 3.8) is 0 Å². The summed E-state index contributed by atoms with van der Waals surface area (Å²) in [6.45, 7) is -0.564. The number of anilines is 1. The Morgan fingerprint density at radius 3 is 2.44 bits per heavy atom. The zero-order chi connectivity index (χ0) is 28.7. The van der Waals surface area contributed by atoms with Crippen LogP contribution < -0.4 is 14.8 Å². The number of ether oxygens (including phenoxy) is 2. The number of carbonyl (C=O) groups is 2. The molecular weight excluding hydrogens is 541 g/mol. The molecule has 3 rings (SSSR count). The van der Waals surface area contributed by atoms with Crippen LogP contribution in [0.3, 0.4) is 0 Å². The van der Waals surface area contributed by atoms with Crippen molar-refractivity contribution >= 4 is 29.0 Å².